The summed E-state index contributed by atoms with van der Waals surface area (Å²) in [7, 11) is 0. The van der Waals surface area contributed by atoms with Gasteiger partial charge in [-0.2, -0.15) is 0 Å². The Morgan fingerprint density at radius 1 is 1.11 bits per heavy atom. The molecule has 110 valence electrons. The first-order chi connectivity index (χ1) is 8.99. The number of rotatable bonds is 3. The fourth-order valence-electron chi connectivity index (χ4n) is 4.45. The Hall–Kier alpha value is -0.530. The second-order valence-electron chi connectivity index (χ2n) is 7.28. The van der Waals surface area contributed by atoms with Crippen LogP contribution in [0.15, 0.2) is 0 Å². The topological polar surface area (TPSA) is 37.3 Å². The average Bonchev–Trinajstić information content (AvgIpc) is 2.41. The fraction of sp³-hybridized carbons (Fsp3) is 0.941. The molecule has 2 aliphatic carbocycles. The van der Waals surface area contributed by atoms with E-state index in [0.29, 0.717) is 11.8 Å². The zero-order chi connectivity index (χ0) is 14.0. The summed E-state index contributed by atoms with van der Waals surface area (Å²) in [6, 6.07) is 0. The largest absolute Gasteiger partial charge is 0.481 e. The van der Waals surface area contributed by atoms with Gasteiger partial charge in [0.05, 0.1) is 5.41 Å². The van der Waals surface area contributed by atoms with E-state index in [-0.39, 0.29) is 5.41 Å². The van der Waals surface area contributed by atoms with E-state index in [1.165, 1.54) is 12.8 Å². The molecule has 3 atom stereocenters. The fourth-order valence-corrected chi connectivity index (χ4v) is 4.45. The van der Waals surface area contributed by atoms with E-state index in [1.54, 1.807) is 0 Å². The highest BCUT2D eigenvalue weighted by molar-refractivity contribution is 5.75. The molecule has 2 saturated carbocycles. The van der Waals surface area contributed by atoms with Gasteiger partial charge in [0.1, 0.15) is 0 Å². The van der Waals surface area contributed by atoms with Crippen molar-refractivity contribution in [3.05, 3.63) is 0 Å². The second kappa shape index (κ2) is 5.85. The third-order valence-electron chi connectivity index (χ3n) is 6.38. The number of carboxylic acids is 1. The van der Waals surface area contributed by atoms with Crippen molar-refractivity contribution in [2.45, 2.75) is 72.1 Å². The summed E-state index contributed by atoms with van der Waals surface area (Å²) in [4.78, 5) is 12.0. The minimum atomic E-state index is -0.506. The van der Waals surface area contributed by atoms with Crippen molar-refractivity contribution in [1.82, 2.24) is 0 Å². The predicted molar refractivity (Wildman–Crippen MR) is 78.0 cm³/mol. The van der Waals surface area contributed by atoms with Gasteiger partial charge in [0, 0.05) is 0 Å². The summed E-state index contributed by atoms with van der Waals surface area (Å²) >= 11 is 0. The Morgan fingerprint density at radius 2 is 1.74 bits per heavy atom. The van der Waals surface area contributed by atoms with E-state index < -0.39 is 5.97 Å². The normalized spacial score (nSPS) is 43.9. The lowest BCUT2D eigenvalue weighted by Gasteiger charge is -2.46. The van der Waals surface area contributed by atoms with Gasteiger partial charge in [-0.15, -0.1) is 0 Å². The van der Waals surface area contributed by atoms with Crippen LogP contribution in [0.25, 0.3) is 0 Å². The van der Waals surface area contributed by atoms with E-state index in [1.807, 2.05) is 0 Å². The monoisotopic (exact) mass is 266 g/mol. The molecule has 1 N–H and O–H groups in total. The highest BCUT2D eigenvalue weighted by atomic mass is 16.4. The maximum Gasteiger partial charge on any atom is 0.309 e. The van der Waals surface area contributed by atoms with Crippen molar-refractivity contribution in [3.63, 3.8) is 0 Å². The second-order valence-corrected chi connectivity index (χ2v) is 7.28. The first-order valence-corrected chi connectivity index (χ1v) is 8.23. The first-order valence-electron chi connectivity index (χ1n) is 8.23. The van der Waals surface area contributed by atoms with E-state index in [4.69, 9.17) is 0 Å². The van der Waals surface area contributed by atoms with Crippen LogP contribution < -0.4 is 0 Å². The van der Waals surface area contributed by atoms with Gasteiger partial charge in [0.25, 0.3) is 0 Å². The molecule has 3 unspecified atom stereocenters. The molecule has 0 radical (unpaired) electrons. The molecule has 2 aliphatic rings. The molecule has 0 aromatic rings. The minimum absolute atomic E-state index is 0.389. The Labute approximate surface area is 118 Å². The summed E-state index contributed by atoms with van der Waals surface area (Å²) in [5, 5.41) is 9.85. The van der Waals surface area contributed by atoms with E-state index >= 15 is 0 Å². The number of aliphatic carboxylic acids is 1. The number of carbonyl (C=O) groups is 1. The Balaban J connectivity index is 2.10. The van der Waals surface area contributed by atoms with Gasteiger partial charge in [-0.3, -0.25) is 4.79 Å². The van der Waals surface area contributed by atoms with Crippen molar-refractivity contribution in [1.29, 1.82) is 0 Å². The van der Waals surface area contributed by atoms with Crippen LogP contribution in [0, 0.1) is 29.1 Å². The Kier molecular flexibility index (Phi) is 4.58. The molecule has 2 rings (SSSR count). The lowest BCUT2D eigenvalue weighted by molar-refractivity contribution is -0.158. The molecule has 2 fully saturated rings. The molecule has 0 aliphatic heterocycles. The number of hydrogen-bond acceptors (Lipinski definition) is 1. The van der Waals surface area contributed by atoms with Gasteiger partial charge < -0.3 is 5.11 Å². The smallest absolute Gasteiger partial charge is 0.309 e. The van der Waals surface area contributed by atoms with Crippen LogP contribution in [0.1, 0.15) is 72.1 Å². The number of carboxylic acid groups (broad SMARTS) is 1. The zero-order valence-electron chi connectivity index (χ0n) is 12.8. The maximum atomic E-state index is 12.0. The molecular weight excluding hydrogens is 236 g/mol. The predicted octanol–water partition coefficient (Wildman–Crippen LogP) is 4.73. The molecular formula is C17H30O2. The highest BCUT2D eigenvalue weighted by Crippen LogP contribution is 2.51. The van der Waals surface area contributed by atoms with Crippen molar-refractivity contribution < 1.29 is 9.90 Å². The highest BCUT2D eigenvalue weighted by Gasteiger charge is 2.49. The molecule has 0 amide bonds. The van der Waals surface area contributed by atoms with Gasteiger partial charge >= 0.3 is 5.97 Å². The maximum absolute atomic E-state index is 12.0. The van der Waals surface area contributed by atoms with Crippen molar-refractivity contribution in [3.8, 4) is 0 Å². The Bertz CT molecular complexity index is 315. The standard InChI is InChI=1S/C17H30O2/c1-4-14-7-9-17(10-8-14,16(18)19)15-6-5-12(2)13(3)11-15/h12-15H,4-11H2,1-3H3,(H,18,19). The third kappa shape index (κ3) is 2.83. The molecule has 0 saturated heterocycles. The van der Waals surface area contributed by atoms with Crippen LogP contribution in [0.4, 0.5) is 0 Å². The zero-order valence-corrected chi connectivity index (χ0v) is 12.8. The summed E-state index contributed by atoms with van der Waals surface area (Å²) in [6.45, 7) is 6.87. The van der Waals surface area contributed by atoms with Crippen LogP contribution in [0.2, 0.25) is 0 Å². The van der Waals surface area contributed by atoms with E-state index in [2.05, 4.69) is 20.8 Å². The van der Waals surface area contributed by atoms with Crippen LogP contribution in [0.3, 0.4) is 0 Å². The molecule has 0 heterocycles. The molecule has 0 bridgehead atoms. The molecule has 0 aromatic heterocycles. The lowest BCUT2D eigenvalue weighted by Crippen LogP contribution is -2.44. The molecule has 2 nitrogen and oxygen atoms in total. The molecule has 0 aromatic carbocycles. The van der Waals surface area contributed by atoms with Crippen molar-refractivity contribution in [2.24, 2.45) is 29.1 Å². The average molecular weight is 266 g/mol. The summed E-state index contributed by atoms with van der Waals surface area (Å²) in [6.07, 6.45) is 8.80. The van der Waals surface area contributed by atoms with Crippen LogP contribution in [-0.4, -0.2) is 11.1 Å². The van der Waals surface area contributed by atoms with Gasteiger partial charge in [0.2, 0.25) is 0 Å². The molecule has 19 heavy (non-hydrogen) atoms. The minimum Gasteiger partial charge on any atom is -0.481 e. The van der Waals surface area contributed by atoms with Crippen LogP contribution in [0.5, 0.6) is 0 Å². The van der Waals surface area contributed by atoms with Gasteiger partial charge in [0.15, 0.2) is 0 Å². The van der Waals surface area contributed by atoms with Crippen molar-refractivity contribution in [2.75, 3.05) is 0 Å². The van der Waals surface area contributed by atoms with Crippen LogP contribution >= 0.6 is 0 Å². The lowest BCUT2D eigenvalue weighted by atomic mass is 9.57. The summed E-state index contributed by atoms with van der Waals surface area (Å²) in [5.41, 5.74) is -0.389. The van der Waals surface area contributed by atoms with E-state index in [9.17, 15) is 9.90 Å². The molecule has 0 spiro atoms. The third-order valence-corrected chi connectivity index (χ3v) is 6.38. The summed E-state index contributed by atoms with van der Waals surface area (Å²) in [5.74, 6) is 2.16. The molecule has 2 heteroatoms. The summed E-state index contributed by atoms with van der Waals surface area (Å²) < 4.78 is 0. The van der Waals surface area contributed by atoms with Gasteiger partial charge in [-0.05, 0) is 62.2 Å². The van der Waals surface area contributed by atoms with Crippen LogP contribution in [-0.2, 0) is 4.79 Å². The van der Waals surface area contributed by atoms with Crippen molar-refractivity contribution >= 4 is 5.97 Å². The number of hydrogen-bond donors (Lipinski definition) is 1. The van der Waals surface area contributed by atoms with Gasteiger partial charge in [-0.1, -0.05) is 33.6 Å². The first kappa shape index (κ1) is 14.9. The van der Waals surface area contributed by atoms with Gasteiger partial charge in [-0.25, -0.2) is 0 Å². The quantitative estimate of drug-likeness (QED) is 0.801. The SMILES string of the molecule is CCC1CCC(C(=O)O)(C2CCC(C)C(C)C2)CC1. The Morgan fingerprint density at radius 3 is 2.21 bits per heavy atom. The van der Waals surface area contributed by atoms with E-state index in [0.717, 1.165) is 50.4 Å².